The Labute approximate surface area is 194 Å². The minimum atomic E-state index is -0.862. The lowest BCUT2D eigenvalue weighted by Gasteiger charge is -2.23. The van der Waals surface area contributed by atoms with Crippen LogP contribution in [-0.4, -0.2) is 42.5 Å². The first-order valence-corrected chi connectivity index (χ1v) is 11.0. The van der Waals surface area contributed by atoms with Crippen molar-refractivity contribution in [2.45, 2.75) is 38.8 Å². The molecule has 0 aromatic carbocycles. The molecule has 1 aliphatic rings. The highest BCUT2D eigenvalue weighted by Crippen LogP contribution is 2.32. The van der Waals surface area contributed by atoms with Gasteiger partial charge in [-0.15, -0.1) is 5.10 Å². The summed E-state index contributed by atoms with van der Waals surface area (Å²) < 4.78 is 37.1. The lowest BCUT2D eigenvalue weighted by Crippen LogP contribution is -2.30. The van der Waals surface area contributed by atoms with Crippen molar-refractivity contribution in [1.82, 2.24) is 34.7 Å². The van der Waals surface area contributed by atoms with Crippen LogP contribution >= 0.6 is 0 Å². The molecule has 0 spiro atoms. The summed E-state index contributed by atoms with van der Waals surface area (Å²) in [5.74, 6) is -1.33. The normalized spacial score (nSPS) is 15.4. The third-order valence-corrected chi connectivity index (χ3v) is 6.06. The molecule has 0 bridgehead atoms. The van der Waals surface area contributed by atoms with Gasteiger partial charge < -0.3 is 10.1 Å². The third kappa shape index (κ3) is 3.86. The number of fused-ring (bicyclic) bond motifs is 1. The molecule has 1 saturated heterocycles. The van der Waals surface area contributed by atoms with Gasteiger partial charge in [0, 0.05) is 17.7 Å². The Hall–Kier alpha value is -3.91. The quantitative estimate of drug-likeness (QED) is 0.482. The van der Waals surface area contributed by atoms with E-state index in [1.54, 1.807) is 19.1 Å². The van der Waals surface area contributed by atoms with Crippen LogP contribution in [-0.2, 0) is 0 Å². The van der Waals surface area contributed by atoms with Crippen LogP contribution in [0.3, 0.4) is 0 Å². The summed E-state index contributed by atoms with van der Waals surface area (Å²) in [6, 6.07) is 6.64. The van der Waals surface area contributed by atoms with Crippen molar-refractivity contribution in [2.24, 2.45) is 0 Å². The molecule has 0 amide bonds. The second-order valence-corrected chi connectivity index (χ2v) is 8.26. The maximum absolute atomic E-state index is 14.3. The zero-order valence-corrected chi connectivity index (χ0v) is 18.7. The molecule has 1 fully saturated rings. The number of pyridine rings is 2. The summed E-state index contributed by atoms with van der Waals surface area (Å²) in [6.07, 6.45) is 3.45. The van der Waals surface area contributed by atoms with Crippen molar-refractivity contribution in [1.29, 1.82) is 5.26 Å². The molecule has 0 radical (unpaired) electrons. The smallest absolute Gasteiger partial charge is 0.201 e. The molecule has 11 heteroatoms. The highest BCUT2D eigenvalue weighted by Gasteiger charge is 2.23. The van der Waals surface area contributed by atoms with Crippen LogP contribution in [0.2, 0.25) is 0 Å². The monoisotopic (exact) mass is 464 g/mol. The highest BCUT2D eigenvalue weighted by atomic mass is 19.1. The molecular formula is C23H22F2N8O. The van der Waals surface area contributed by atoms with Crippen LogP contribution in [0, 0.1) is 29.9 Å². The van der Waals surface area contributed by atoms with Crippen molar-refractivity contribution in [2.75, 3.05) is 13.1 Å². The van der Waals surface area contributed by atoms with E-state index in [0.29, 0.717) is 16.9 Å². The minimum absolute atomic E-state index is 0.0494. The Bertz CT molecular complexity index is 1400. The van der Waals surface area contributed by atoms with Crippen molar-refractivity contribution in [3.05, 3.63) is 59.3 Å². The van der Waals surface area contributed by atoms with E-state index in [-0.39, 0.29) is 23.3 Å². The predicted molar refractivity (Wildman–Crippen MR) is 118 cm³/mol. The summed E-state index contributed by atoms with van der Waals surface area (Å²) in [4.78, 5) is 8.17. The molecule has 0 saturated carbocycles. The number of hydrogen-bond acceptors (Lipinski definition) is 7. The van der Waals surface area contributed by atoms with Gasteiger partial charge in [-0.3, -0.25) is 9.38 Å². The zero-order chi connectivity index (χ0) is 23.8. The number of hydrogen-bond donors (Lipinski definition) is 1. The first-order chi connectivity index (χ1) is 16.5. The number of nitriles is 1. The van der Waals surface area contributed by atoms with Crippen molar-refractivity contribution >= 4 is 5.65 Å². The number of nitrogens with one attached hydrogen (secondary N) is 1. The fourth-order valence-electron chi connectivity index (χ4n) is 4.35. The number of nitrogens with zero attached hydrogens (tertiary/aromatic N) is 7. The molecule has 5 heterocycles. The average molecular weight is 464 g/mol. The molecule has 5 rings (SSSR count). The Morgan fingerprint density at radius 3 is 2.71 bits per heavy atom. The summed E-state index contributed by atoms with van der Waals surface area (Å²) in [7, 11) is 0. The second kappa shape index (κ2) is 8.79. The van der Waals surface area contributed by atoms with Gasteiger partial charge in [0.05, 0.1) is 24.1 Å². The van der Waals surface area contributed by atoms with Crippen LogP contribution in [0.1, 0.15) is 49.0 Å². The lowest BCUT2D eigenvalue weighted by atomic mass is 10.1. The van der Waals surface area contributed by atoms with Gasteiger partial charge in [0.2, 0.25) is 5.88 Å². The number of ether oxygens (including phenoxy) is 1. The van der Waals surface area contributed by atoms with Crippen LogP contribution < -0.4 is 10.1 Å². The summed E-state index contributed by atoms with van der Waals surface area (Å²) in [5, 5.41) is 21.7. The number of imidazole rings is 1. The summed E-state index contributed by atoms with van der Waals surface area (Å²) >= 11 is 0. The predicted octanol–water partition coefficient (Wildman–Crippen LogP) is 3.51. The van der Waals surface area contributed by atoms with E-state index in [2.05, 4.69) is 31.7 Å². The van der Waals surface area contributed by atoms with Crippen molar-refractivity contribution in [3.63, 3.8) is 0 Å². The molecular weight excluding hydrogens is 442 g/mol. The average Bonchev–Trinajstić information content (AvgIpc) is 3.42. The SMILES string of the molecule is Cc1c(-c2cc(O[C@H](C)c3ncc(F)cc3F)n3c(C#N)cnc3c2)nnn1C1CCNCC1. The zero-order valence-electron chi connectivity index (χ0n) is 18.7. The fraction of sp³-hybridized carbons (Fsp3) is 0.348. The highest BCUT2D eigenvalue weighted by molar-refractivity contribution is 5.68. The van der Waals surface area contributed by atoms with Crippen LogP contribution in [0.15, 0.2) is 30.6 Å². The lowest BCUT2D eigenvalue weighted by molar-refractivity contribution is 0.204. The van der Waals surface area contributed by atoms with Gasteiger partial charge in [-0.25, -0.2) is 18.4 Å². The first kappa shape index (κ1) is 21.9. The molecule has 0 aliphatic carbocycles. The standard InChI is InChI=1S/C23H22F2N8O/c1-13-22(30-31-33(13)17-3-5-27-6-4-17)15-7-20-28-12-18(10-26)32(20)21(8-15)34-14(2)23-19(25)9-16(24)11-29-23/h7-9,11-12,14,17,27H,3-6H2,1-2H3/t14-/m1/s1. The van der Waals surface area contributed by atoms with Crippen LogP contribution in [0.5, 0.6) is 5.88 Å². The van der Waals surface area contributed by atoms with Crippen molar-refractivity contribution in [3.8, 4) is 23.2 Å². The molecule has 174 valence electrons. The van der Waals surface area contributed by atoms with Gasteiger partial charge in [-0.2, -0.15) is 5.26 Å². The molecule has 9 nitrogen and oxygen atoms in total. The van der Waals surface area contributed by atoms with Gasteiger partial charge in [-0.05, 0) is 45.8 Å². The largest absolute Gasteiger partial charge is 0.469 e. The molecule has 34 heavy (non-hydrogen) atoms. The molecule has 4 aromatic heterocycles. The maximum Gasteiger partial charge on any atom is 0.201 e. The van der Waals surface area contributed by atoms with E-state index >= 15 is 0 Å². The number of piperidine rings is 1. The third-order valence-electron chi connectivity index (χ3n) is 6.06. The Kier molecular flexibility index (Phi) is 5.67. The topological polar surface area (TPSA) is 106 Å². The Balaban J connectivity index is 1.56. The number of rotatable bonds is 5. The first-order valence-electron chi connectivity index (χ1n) is 11.0. The molecule has 1 aliphatic heterocycles. The van der Waals surface area contributed by atoms with Crippen LogP contribution in [0.25, 0.3) is 16.9 Å². The van der Waals surface area contributed by atoms with E-state index in [9.17, 15) is 14.0 Å². The maximum atomic E-state index is 14.3. The molecule has 1 atom stereocenters. The van der Waals surface area contributed by atoms with E-state index in [1.165, 1.54) is 10.6 Å². The molecule has 1 N–H and O–H groups in total. The van der Waals surface area contributed by atoms with E-state index in [1.807, 2.05) is 11.6 Å². The van der Waals surface area contributed by atoms with E-state index in [4.69, 9.17) is 4.74 Å². The molecule has 4 aromatic rings. The summed E-state index contributed by atoms with van der Waals surface area (Å²) in [5.41, 5.74) is 2.97. The van der Waals surface area contributed by atoms with Gasteiger partial charge in [0.25, 0.3) is 0 Å². The second-order valence-electron chi connectivity index (χ2n) is 8.26. The number of aromatic nitrogens is 6. The van der Waals surface area contributed by atoms with E-state index < -0.39 is 17.7 Å². The van der Waals surface area contributed by atoms with Gasteiger partial charge in [0.15, 0.2) is 5.82 Å². The van der Waals surface area contributed by atoms with Crippen molar-refractivity contribution < 1.29 is 13.5 Å². The van der Waals surface area contributed by atoms with Gasteiger partial charge in [0.1, 0.15) is 40.7 Å². The van der Waals surface area contributed by atoms with E-state index in [0.717, 1.165) is 43.9 Å². The van der Waals surface area contributed by atoms with Gasteiger partial charge >= 0.3 is 0 Å². The Morgan fingerprint density at radius 2 is 1.97 bits per heavy atom. The fourth-order valence-corrected chi connectivity index (χ4v) is 4.35. The number of halogens is 2. The molecule has 0 unspecified atom stereocenters. The van der Waals surface area contributed by atoms with Gasteiger partial charge in [-0.1, -0.05) is 5.21 Å². The Morgan fingerprint density at radius 1 is 1.18 bits per heavy atom. The minimum Gasteiger partial charge on any atom is -0.469 e. The summed E-state index contributed by atoms with van der Waals surface area (Å²) in [6.45, 7) is 5.43. The van der Waals surface area contributed by atoms with Crippen LogP contribution in [0.4, 0.5) is 8.78 Å².